The third-order valence-electron chi connectivity index (χ3n) is 5.04. The van der Waals surface area contributed by atoms with Gasteiger partial charge in [-0.05, 0) is 18.2 Å². The minimum atomic E-state index is 0.508. The van der Waals surface area contributed by atoms with Gasteiger partial charge in [-0.1, -0.05) is 0 Å². The fourth-order valence-corrected chi connectivity index (χ4v) is 3.58. The molecule has 4 aromatic rings. The van der Waals surface area contributed by atoms with Gasteiger partial charge in [0, 0.05) is 57.1 Å². The number of anilines is 1. The number of morpholine rings is 1. The zero-order valence-corrected chi connectivity index (χ0v) is 16.7. The maximum absolute atomic E-state index is 5.54. The first-order chi connectivity index (χ1) is 14.8. The van der Waals surface area contributed by atoms with E-state index in [2.05, 4.69) is 19.5 Å². The third kappa shape index (κ3) is 3.40. The van der Waals surface area contributed by atoms with E-state index < -0.39 is 0 Å². The van der Waals surface area contributed by atoms with Crippen LogP contribution in [-0.4, -0.2) is 74.3 Å². The Bertz CT molecular complexity index is 1120. The number of hydrogen-bond donors (Lipinski definition) is 0. The topological polar surface area (TPSA) is 96.0 Å². The number of hydrogen-bond acceptors (Lipinski definition) is 8. The van der Waals surface area contributed by atoms with E-state index in [1.54, 1.807) is 30.4 Å². The molecule has 1 fully saturated rings. The van der Waals surface area contributed by atoms with E-state index in [1.165, 1.54) is 0 Å². The van der Waals surface area contributed by atoms with Crippen LogP contribution >= 0.6 is 0 Å². The summed E-state index contributed by atoms with van der Waals surface area (Å²) >= 11 is 0. The second-order valence-electron chi connectivity index (χ2n) is 6.89. The molecule has 0 bridgehead atoms. The van der Waals surface area contributed by atoms with Gasteiger partial charge in [0.15, 0.2) is 17.0 Å². The molecular weight excluding hydrogens is 384 g/mol. The van der Waals surface area contributed by atoms with E-state index in [0.29, 0.717) is 32.3 Å². The highest BCUT2D eigenvalue weighted by Crippen LogP contribution is 2.30. The Hall–Kier alpha value is -3.37. The average molecular weight is 406 g/mol. The Morgan fingerprint density at radius 3 is 2.63 bits per heavy atom. The van der Waals surface area contributed by atoms with Gasteiger partial charge < -0.3 is 18.9 Å². The molecule has 0 radical (unpaired) electrons. The molecule has 0 atom stereocenters. The van der Waals surface area contributed by atoms with Crippen LogP contribution in [0.1, 0.15) is 0 Å². The molecule has 5 heterocycles. The summed E-state index contributed by atoms with van der Waals surface area (Å²) in [5.74, 6) is 2.11. The van der Waals surface area contributed by atoms with Crippen molar-refractivity contribution in [3.63, 3.8) is 0 Å². The first-order valence-corrected chi connectivity index (χ1v) is 9.85. The summed E-state index contributed by atoms with van der Waals surface area (Å²) in [4.78, 5) is 21.0. The van der Waals surface area contributed by atoms with E-state index in [1.807, 2.05) is 24.4 Å². The molecule has 1 aliphatic rings. The molecule has 0 aromatic carbocycles. The maximum Gasteiger partial charge on any atom is 0.254 e. The summed E-state index contributed by atoms with van der Waals surface area (Å²) in [6, 6.07) is 5.74. The molecule has 0 spiro atoms. The molecule has 1 aliphatic heterocycles. The summed E-state index contributed by atoms with van der Waals surface area (Å²) in [5.41, 5.74) is 2.48. The summed E-state index contributed by atoms with van der Waals surface area (Å²) in [7, 11) is 1.69. The van der Waals surface area contributed by atoms with Crippen molar-refractivity contribution in [3.05, 3.63) is 43.0 Å². The molecule has 0 amide bonds. The molecule has 0 unspecified atom stereocenters. The van der Waals surface area contributed by atoms with E-state index in [9.17, 15) is 0 Å². The van der Waals surface area contributed by atoms with Crippen molar-refractivity contribution in [1.82, 2.24) is 34.3 Å². The highest BCUT2D eigenvalue weighted by molar-refractivity contribution is 5.87. The summed E-state index contributed by atoms with van der Waals surface area (Å²) in [6.45, 7) is 3.97. The lowest BCUT2D eigenvalue weighted by molar-refractivity contribution is 0.122. The number of aromatic nitrogens is 7. The van der Waals surface area contributed by atoms with Crippen molar-refractivity contribution in [2.75, 3.05) is 44.9 Å². The van der Waals surface area contributed by atoms with Crippen LogP contribution in [0.2, 0.25) is 0 Å². The van der Waals surface area contributed by atoms with Crippen molar-refractivity contribution < 1.29 is 9.47 Å². The Balaban J connectivity index is 1.75. The summed E-state index contributed by atoms with van der Waals surface area (Å²) in [6.07, 6.45) is 7.08. The maximum atomic E-state index is 5.54. The van der Waals surface area contributed by atoms with Gasteiger partial charge in [0.1, 0.15) is 5.82 Å². The van der Waals surface area contributed by atoms with Crippen LogP contribution in [0.3, 0.4) is 0 Å². The standard InChI is InChI=1S/C20H22N8O2/c1-29-12-11-27-17(15-3-6-21-7-4-15)23-16-18(26-9-13-30-14-10-26)24-20(25-19(16)27)28-8-2-5-22-28/h2-8H,9-14H2,1H3. The fraction of sp³-hybridized carbons (Fsp3) is 0.350. The molecule has 10 nitrogen and oxygen atoms in total. The molecular formula is C20H22N8O2. The highest BCUT2D eigenvalue weighted by Gasteiger charge is 2.24. The number of pyridine rings is 1. The lowest BCUT2D eigenvalue weighted by atomic mass is 10.2. The normalized spacial score (nSPS) is 14.5. The Morgan fingerprint density at radius 1 is 1.07 bits per heavy atom. The first-order valence-electron chi connectivity index (χ1n) is 9.85. The average Bonchev–Trinajstić information content (AvgIpc) is 3.46. The van der Waals surface area contributed by atoms with Crippen LogP contribution in [0.15, 0.2) is 43.0 Å². The lowest BCUT2D eigenvalue weighted by Crippen LogP contribution is -2.37. The largest absolute Gasteiger partial charge is 0.383 e. The molecule has 4 aromatic heterocycles. The Labute approximate surface area is 173 Å². The quantitative estimate of drug-likeness (QED) is 0.476. The lowest BCUT2D eigenvalue weighted by Gasteiger charge is -2.28. The molecule has 0 saturated carbocycles. The number of rotatable bonds is 6. The fourth-order valence-electron chi connectivity index (χ4n) is 3.58. The first kappa shape index (κ1) is 18.6. The van der Waals surface area contributed by atoms with Crippen LogP contribution in [-0.2, 0) is 16.0 Å². The molecule has 1 saturated heterocycles. The van der Waals surface area contributed by atoms with Gasteiger partial charge in [0.2, 0.25) is 0 Å². The van der Waals surface area contributed by atoms with Gasteiger partial charge in [-0.15, -0.1) is 0 Å². The van der Waals surface area contributed by atoms with Crippen LogP contribution < -0.4 is 4.90 Å². The number of ether oxygens (including phenoxy) is 2. The second-order valence-corrected chi connectivity index (χ2v) is 6.89. The van der Waals surface area contributed by atoms with Crippen LogP contribution in [0.5, 0.6) is 0 Å². The van der Waals surface area contributed by atoms with E-state index in [0.717, 1.165) is 41.5 Å². The van der Waals surface area contributed by atoms with Crippen molar-refractivity contribution in [3.8, 4) is 17.3 Å². The second kappa shape index (κ2) is 8.17. The zero-order valence-electron chi connectivity index (χ0n) is 16.7. The molecule has 154 valence electrons. The molecule has 30 heavy (non-hydrogen) atoms. The van der Waals surface area contributed by atoms with Gasteiger partial charge in [0.25, 0.3) is 5.95 Å². The predicted molar refractivity (Wildman–Crippen MR) is 111 cm³/mol. The Kier molecular flexibility index (Phi) is 5.08. The van der Waals surface area contributed by atoms with Crippen molar-refractivity contribution in [2.24, 2.45) is 0 Å². The van der Waals surface area contributed by atoms with Crippen molar-refractivity contribution in [1.29, 1.82) is 0 Å². The molecule has 0 N–H and O–H groups in total. The van der Waals surface area contributed by atoms with Gasteiger partial charge in [-0.3, -0.25) is 4.98 Å². The van der Waals surface area contributed by atoms with Gasteiger partial charge >= 0.3 is 0 Å². The third-order valence-corrected chi connectivity index (χ3v) is 5.04. The predicted octanol–water partition coefficient (Wildman–Crippen LogP) is 1.56. The number of imidazole rings is 1. The van der Waals surface area contributed by atoms with Crippen LogP contribution in [0.4, 0.5) is 5.82 Å². The number of nitrogens with zero attached hydrogens (tertiary/aromatic N) is 8. The minimum Gasteiger partial charge on any atom is -0.383 e. The highest BCUT2D eigenvalue weighted by atomic mass is 16.5. The van der Waals surface area contributed by atoms with E-state index in [4.69, 9.17) is 24.4 Å². The van der Waals surface area contributed by atoms with E-state index in [-0.39, 0.29) is 0 Å². The van der Waals surface area contributed by atoms with Gasteiger partial charge in [0.05, 0.1) is 19.8 Å². The summed E-state index contributed by atoms with van der Waals surface area (Å²) < 4.78 is 14.6. The minimum absolute atomic E-state index is 0.508. The van der Waals surface area contributed by atoms with Gasteiger partial charge in [-0.25, -0.2) is 9.67 Å². The molecule has 5 rings (SSSR count). The molecule has 0 aliphatic carbocycles. The number of methoxy groups -OCH3 is 1. The Morgan fingerprint density at radius 2 is 1.90 bits per heavy atom. The van der Waals surface area contributed by atoms with Gasteiger partial charge in [-0.2, -0.15) is 15.1 Å². The monoisotopic (exact) mass is 406 g/mol. The smallest absolute Gasteiger partial charge is 0.254 e. The SMILES string of the molecule is COCCn1c(-c2ccncc2)nc2c(N3CCOCC3)nc(-n3cccn3)nc21. The van der Waals surface area contributed by atoms with E-state index >= 15 is 0 Å². The van der Waals surface area contributed by atoms with Crippen molar-refractivity contribution in [2.45, 2.75) is 6.54 Å². The van der Waals surface area contributed by atoms with Crippen molar-refractivity contribution >= 4 is 17.0 Å². The van der Waals surface area contributed by atoms with Crippen LogP contribution in [0, 0.1) is 0 Å². The zero-order chi connectivity index (χ0) is 20.3. The number of fused-ring (bicyclic) bond motifs is 1. The van der Waals surface area contributed by atoms with Crippen LogP contribution in [0.25, 0.3) is 28.5 Å². The summed E-state index contributed by atoms with van der Waals surface area (Å²) in [5, 5.41) is 4.32. The molecule has 10 heteroatoms.